The molecule has 0 bridgehead atoms. The molecule has 0 saturated carbocycles. The molecular formula is C10H16. The fraction of sp³-hybridized carbons (Fsp3) is 0.400. The Morgan fingerprint density at radius 3 is 2.20 bits per heavy atom. The first-order chi connectivity index (χ1) is 4.91. The number of hydrogen-bond acceptors (Lipinski definition) is 0. The summed E-state index contributed by atoms with van der Waals surface area (Å²) in [4.78, 5) is 0. The third kappa shape index (κ3) is 7.22. The van der Waals surface area contributed by atoms with Gasteiger partial charge in [-0.3, -0.25) is 0 Å². The summed E-state index contributed by atoms with van der Waals surface area (Å²) in [7, 11) is 0. The summed E-state index contributed by atoms with van der Waals surface area (Å²) in [5.74, 6) is 0. The molecule has 0 aliphatic carbocycles. The maximum atomic E-state index is 3.63. The molecule has 0 atom stereocenters. The smallest absolute Gasteiger partial charge is 0.0169 e. The van der Waals surface area contributed by atoms with Crippen molar-refractivity contribution in [3.63, 3.8) is 0 Å². The first-order valence-corrected chi connectivity index (χ1v) is 3.82. The van der Waals surface area contributed by atoms with E-state index < -0.39 is 0 Å². The van der Waals surface area contributed by atoms with Crippen LogP contribution in [0.1, 0.15) is 26.2 Å². The Morgan fingerprint density at radius 2 is 1.60 bits per heavy atom. The fourth-order valence-corrected chi connectivity index (χ4v) is 0.630. The van der Waals surface area contributed by atoms with E-state index in [0.29, 0.717) is 0 Å². The van der Waals surface area contributed by atoms with E-state index in [4.69, 9.17) is 0 Å². The van der Waals surface area contributed by atoms with Gasteiger partial charge >= 0.3 is 0 Å². The van der Waals surface area contributed by atoms with E-state index in [1.54, 1.807) is 0 Å². The predicted molar refractivity (Wildman–Crippen MR) is 48.0 cm³/mol. The van der Waals surface area contributed by atoms with Gasteiger partial charge in [0.25, 0.3) is 0 Å². The Balaban J connectivity index is 3.17. The number of hydrogen-bond donors (Lipinski definition) is 0. The molecular weight excluding hydrogens is 120 g/mol. The van der Waals surface area contributed by atoms with Gasteiger partial charge in [0.15, 0.2) is 0 Å². The predicted octanol–water partition coefficient (Wildman–Crippen LogP) is 3.48. The molecule has 0 N–H and O–H groups in total. The van der Waals surface area contributed by atoms with Crippen LogP contribution in [-0.4, -0.2) is 0 Å². The minimum absolute atomic E-state index is 0.986. The zero-order valence-corrected chi connectivity index (χ0v) is 6.72. The maximum absolute atomic E-state index is 3.63. The van der Waals surface area contributed by atoms with Crippen molar-refractivity contribution in [2.45, 2.75) is 26.2 Å². The van der Waals surface area contributed by atoms with Crippen molar-refractivity contribution < 1.29 is 0 Å². The van der Waals surface area contributed by atoms with Crippen LogP contribution in [0.25, 0.3) is 0 Å². The Morgan fingerprint density at radius 1 is 1.00 bits per heavy atom. The lowest BCUT2D eigenvalue weighted by atomic mass is 10.3. The number of rotatable bonds is 5. The fourth-order valence-electron chi connectivity index (χ4n) is 0.630. The second kappa shape index (κ2) is 8.22. The van der Waals surface area contributed by atoms with Crippen molar-refractivity contribution in [3.8, 4) is 0 Å². The molecule has 0 unspecified atom stereocenters. The largest absolute Gasteiger partial charge is 0.103 e. The molecule has 0 saturated heterocycles. The summed E-state index contributed by atoms with van der Waals surface area (Å²) in [6.45, 7) is 5.77. The van der Waals surface area contributed by atoms with Crippen LogP contribution in [0.2, 0.25) is 0 Å². The SMILES string of the molecule is C=CCC=CCC=CCC. The Labute approximate surface area is 64.0 Å². The minimum Gasteiger partial charge on any atom is -0.103 e. The van der Waals surface area contributed by atoms with Crippen molar-refractivity contribution in [3.05, 3.63) is 37.0 Å². The molecule has 0 amide bonds. The summed E-state index contributed by atoms with van der Waals surface area (Å²) < 4.78 is 0. The van der Waals surface area contributed by atoms with Gasteiger partial charge in [0.05, 0.1) is 0 Å². The molecule has 0 nitrogen and oxygen atoms in total. The third-order valence-electron chi connectivity index (χ3n) is 1.14. The Bertz CT molecular complexity index is 118. The van der Waals surface area contributed by atoms with Crippen LogP contribution in [0, 0.1) is 0 Å². The van der Waals surface area contributed by atoms with Crippen LogP contribution < -0.4 is 0 Å². The highest BCUT2D eigenvalue weighted by Crippen LogP contribution is 1.90. The Hall–Kier alpha value is -0.780. The van der Waals surface area contributed by atoms with E-state index in [1.165, 1.54) is 0 Å². The standard InChI is InChI=1S/C10H16/c1-3-5-7-9-10-8-6-4-2/h3,6-9H,1,4-5,10H2,2H3. The summed E-state index contributed by atoms with van der Waals surface area (Å²) in [5.41, 5.74) is 0. The highest BCUT2D eigenvalue weighted by Gasteiger charge is 1.69. The quantitative estimate of drug-likeness (QED) is 0.508. The topological polar surface area (TPSA) is 0 Å². The monoisotopic (exact) mass is 136 g/mol. The second-order valence-corrected chi connectivity index (χ2v) is 2.11. The van der Waals surface area contributed by atoms with E-state index >= 15 is 0 Å². The van der Waals surface area contributed by atoms with E-state index in [-0.39, 0.29) is 0 Å². The van der Waals surface area contributed by atoms with Crippen LogP contribution in [0.4, 0.5) is 0 Å². The average molecular weight is 136 g/mol. The van der Waals surface area contributed by atoms with Crippen molar-refractivity contribution in [2.24, 2.45) is 0 Å². The van der Waals surface area contributed by atoms with E-state index in [2.05, 4.69) is 37.8 Å². The van der Waals surface area contributed by atoms with Crippen molar-refractivity contribution in [2.75, 3.05) is 0 Å². The zero-order chi connectivity index (χ0) is 7.66. The molecule has 0 spiro atoms. The van der Waals surface area contributed by atoms with Crippen molar-refractivity contribution in [1.29, 1.82) is 0 Å². The summed E-state index contributed by atoms with van der Waals surface area (Å²) in [5, 5.41) is 0. The molecule has 10 heavy (non-hydrogen) atoms. The van der Waals surface area contributed by atoms with E-state index in [1.807, 2.05) is 6.08 Å². The van der Waals surface area contributed by atoms with Crippen LogP contribution >= 0.6 is 0 Å². The van der Waals surface area contributed by atoms with Gasteiger partial charge < -0.3 is 0 Å². The maximum Gasteiger partial charge on any atom is -0.0169 e. The van der Waals surface area contributed by atoms with Crippen LogP contribution in [0.3, 0.4) is 0 Å². The molecule has 0 aliphatic heterocycles. The molecule has 0 aromatic heterocycles. The summed E-state index contributed by atoms with van der Waals surface area (Å²) >= 11 is 0. The summed E-state index contributed by atoms with van der Waals surface area (Å²) in [6.07, 6.45) is 13.7. The highest BCUT2D eigenvalue weighted by atomic mass is 13.8. The van der Waals surface area contributed by atoms with Crippen LogP contribution in [-0.2, 0) is 0 Å². The normalized spacial score (nSPS) is 11.3. The lowest BCUT2D eigenvalue weighted by Crippen LogP contribution is -1.59. The average Bonchev–Trinajstić information content (AvgIpc) is 1.97. The second-order valence-electron chi connectivity index (χ2n) is 2.11. The summed E-state index contributed by atoms with van der Waals surface area (Å²) in [6, 6.07) is 0. The first-order valence-electron chi connectivity index (χ1n) is 3.82. The lowest BCUT2D eigenvalue weighted by Gasteiger charge is -1.80. The van der Waals surface area contributed by atoms with Crippen LogP contribution in [0.5, 0.6) is 0 Å². The van der Waals surface area contributed by atoms with Gasteiger partial charge in [-0.15, -0.1) is 6.58 Å². The highest BCUT2D eigenvalue weighted by molar-refractivity contribution is 4.94. The van der Waals surface area contributed by atoms with Gasteiger partial charge in [-0.2, -0.15) is 0 Å². The van der Waals surface area contributed by atoms with Gasteiger partial charge in [0, 0.05) is 0 Å². The molecule has 0 heteroatoms. The van der Waals surface area contributed by atoms with Gasteiger partial charge in [-0.25, -0.2) is 0 Å². The van der Waals surface area contributed by atoms with Gasteiger partial charge in [0.2, 0.25) is 0 Å². The molecule has 0 rings (SSSR count). The molecule has 0 fully saturated rings. The molecule has 0 radical (unpaired) electrons. The molecule has 0 aromatic rings. The molecule has 0 aliphatic rings. The van der Waals surface area contributed by atoms with Gasteiger partial charge in [-0.05, 0) is 19.3 Å². The first kappa shape index (κ1) is 9.22. The van der Waals surface area contributed by atoms with E-state index in [9.17, 15) is 0 Å². The van der Waals surface area contributed by atoms with Crippen molar-refractivity contribution in [1.82, 2.24) is 0 Å². The van der Waals surface area contributed by atoms with Gasteiger partial charge in [0.1, 0.15) is 0 Å². The zero-order valence-electron chi connectivity index (χ0n) is 6.72. The van der Waals surface area contributed by atoms with Crippen molar-refractivity contribution >= 4 is 0 Å². The number of allylic oxidation sites excluding steroid dienone is 5. The van der Waals surface area contributed by atoms with Gasteiger partial charge in [-0.1, -0.05) is 37.3 Å². The van der Waals surface area contributed by atoms with Crippen LogP contribution in [0.15, 0.2) is 37.0 Å². The molecule has 56 valence electrons. The third-order valence-corrected chi connectivity index (χ3v) is 1.14. The minimum atomic E-state index is 0.986. The molecule has 0 aromatic carbocycles. The Kier molecular flexibility index (Phi) is 7.58. The molecule has 0 heterocycles. The lowest BCUT2D eigenvalue weighted by molar-refractivity contribution is 1.19. The van der Waals surface area contributed by atoms with E-state index in [0.717, 1.165) is 19.3 Å².